The van der Waals surface area contributed by atoms with E-state index in [1.54, 1.807) is 18.7 Å². The summed E-state index contributed by atoms with van der Waals surface area (Å²) in [6.07, 6.45) is 2.77. The summed E-state index contributed by atoms with van der Waals surface area (Å²) in [6.45, 7) is 3.98. The number of carbonyl (C=O) groups is 2. The summed E-state index contributed by atoms with van der Waals surface area (Å²) in [5, 5.41) is 6.67. The van der Waals surface area contributed by atoms with Crippen LogP contribution in [0.2, 0.25) is 0 Å². The third-order valence-corrected chi connectivity index (χ3v) is 6.62. The van der Waals surface area contributed by atoms with Gasteiger partial charge in [-0.25, -0.2) is 0 Å². The number of aromatic nitrogens is 2. The van der Waals surface area contributed by atoms with Gasteiger partial charge < -0.3 is 20.5 Å². The van der Waals surface area contributed by atoms with Gasteiger partial charge in [0.05, 0.1) is 6.54 Å². The molecule has 0 bridgehead atoms. The Kier molecular flexibility index (Phi) is 7.07. The molecule has 8 heteroatoms. The van der Waals surface area contributed by atoms with Gasteiger partial charge in [-0.2, -0.15) is 4.98 Å². The number of carbonyl (C=O) groups excluding carboxylic acids is 2. The molecule has 0 saturated carbocycles. The van der Waals surface area contributed by atoms with Crippen molar-refractivity contribution in [3.63, 3.8) is 0 Å². The first-order valence-electron chi connectivity index (χ1n) is 12.7. The molecule has 8 nitrogen and oxygen atoms in total. The van der Waals surface area contributed by atoms with Crippen molar-refractivity contribution in [2.24, 2.45) is 5.73 Å². The second-order valence-electron chi connectivity index (χ2n) is 10.4. The van der Waals surface area contributed by atoms with E-state index < -0.39 is 11.6 Å². The van der Waals surface area contributed by atoms with Gasteiger partial charge in [0.15, 0.2) is 6.33 Å². The van der Waals surface area contributed by atoms with Crippen LogP contribution in [0.3, 0.4) is 0 Å². The van der Waals surface area contributed by atoms with Gasteiger partial charge in [-0.1, -0.05) is 65.8 Å². The van der Waals surface area contributed by atoms with E-state index in [9.17, 15) is 9.59 Å². The van der Waals surface area contributed by atoms with Crippen LogP contribution >= 0.6 is 0 Å². The molecule has 1 aliphatic rings. The highest BCUT2D eigenvalue weighted by molar-refractivity contribution is 6.00. The van der Waals surface area contributed by atoms with Crippen molar-refractivity contribution < 1.29 is 14.1 Å². The van der Waals surface area contributed by atoms with Gasteiger partial charge in [-0.15, -0.1) is 0 Å². The first-order chi connectivity index (χ1) is 18.3. The molecule has 2 heterocycles. The number of amides is 2. The number of aryl methyl sites for hydroxylation is 1. The lowest BCUT2D eigenvalue weighted by Crippen LogP contribution is -2.49. The van der Waals surface area contributed by atoms with E-state index in [0.717, 1.165) is 33.5 Å². The van der Waals surface area contributed by atoms with Crippen LogP contribution in [0.1, 0.15) is 37.8 Å². The maximum absolute atomic E-state index is 13.7. The quantitative estimate of drug-likeness (QED) is 0.379. The minimum atomic E-state index is -0.648. The van der Waals surface area contributed by atoms with Crippen molar-refractivity contribution in [1.82, 2.24) is 15.5 Å². The topological polar surface area (TPSA) is 114 Å². The molecule has 3 aromatic carbocycles. The monoisotopic (exact) mass is 509 g/mol. The highest BCUT2D eigenvalue weighted by Crippen LogP contribution is 2.32. The molecule has 1 aromatic heterocycles. The van der Waals surface area contributed by atoms with Crippen molar-refractivity contribution in [2.45, 2.75) is 51.2 Å². The molecule has 194 valence electrons. The van der Waals surface area contributed by atoms with Crippen molar-refractivity contribution in [3.8, 4) is 22.6 Å². The van der Waals surface area contributed by atoms with E-state index in [1.165, 1.54) is 6.33 Å². The summed E-state index contributed by atoms with van der Waals surface area (Å²) in [7, 11) is 0. The van der Waals surface area contributed by atoms with Crippen molar-refractivity contribution in [1.29, 1.82) is 0 Å². The number of benzene rings is 3. The number of fused-ring (bicyclic) bond motifs is 1. The van der Waals surface area contributed by atoms with Crippen LogP contribution in [0.25, 0.3) is 22.6 Å². The molecule has 0 fully saturated rings. The molecule has 0 radical (unpaired) electrons. The maximum Gasteiger partial charge on any atom is 0.258 e. The van der Waals surface area contributed by atoms with Crippen LogP contribution in [0, 0.1) is 0 Å². The number of anilines is 1. The lowest BCUT2D eigenvalue weighted by atomic mass is 9.98. The largest absolute Gasteiger partial charge is 0.344 e. The lowest BCUT2D eigenvalue weighted by molar-refractivity contribution is -0.128. The number of hydrogen-bond acceptors (Lipinski definition) is 6. The second kappa shape index (κ2) is 10.6. The molecule has 5 rings (SSSR count). The average Bonchev–Trinajstić information content (AvgIpc) is 3.40. The van der Waals surface area contributed by atoms with E-state index >= 15 is 0 Å². The molecule has 0 aliphatic carbocycles. The number of nitrogens with one attached hydrogen (secondary N) is 1. The summed E-state index contributed by atoms with van der Waals surface area (Å²) >= 11 is 0. The zero-order valence-electron chi connectivity index (χ0n) is 21.6. The first kappa shape index (κ1) is 25.4. The van der Waals surface area contributed by atoms with Crippen LogP contribution in [0.15, 0.2) is 83.6 Å². The van der Waals surface area contributed by atoms with E-state index in [2.05, 4.69) is 15.5 Å². The SMILES string of the molecule is CC(C)(N)CC(=O)N[C@@H]1CCc2ccccc2N(Cc2ccc(-c3ccccc3-c3ncno3)cc2)C1=O. The van der Waals surface area contributed by atoms with Crippen LogP contribution < -0.4 is 16.0 Å². The predicted octanol–water partition coefficient (Wildman–Crippen LogP) is 4.50. The fourth-order valence-corrected chi connectivity index (χ4v) is 4.86. The highest BCUT2D eigenvalue weighted by atomic mass is 16.5. The van der Waals surface area contributed by atoms with Gasteiger partial charge in [0.1, 0.15) is 6.04 Å². The molecule has 1 aliphatic heterocycles. The van der Waals surface area contributed by atoms with E-state index in [-0.39, 0.29) is 18.2 Å². The third kappa shape index (κ3) is 5.65. The Morgan fingerprint density at radius 3 is 2.47 bits per heavy atom. The number of nitrogens with zero attached hydrogens (tertiary/aromatic N) is 3. The summed E-state index contributed by atoms with van der Waals surface area (Å²) in [5.74, 6) is 0.123. The molecule has 0 unspecified atom stereocenters. The molecule has 0 saturated heterocycles. The maximum atomic E-state index is 13.7. The Morgan fingerprint density at radius 1 is 1.05 bits per heavy atom. The number of hydrogen-bond donors (Lipinski definition) is 2. The lowest BCUT2D eigenvalue weighted by Gasteiger charge is -2.27. The zero-order valence-corrected chi connectivity index (χ0v) is 21.6. The van der Waals surface area contributed by atoms with Crippen molar-refractivity contribution in [2.75, 3.05) is 4.90 Å². The standard InChI is InChI=1S/C30H31N5O3/c1-30(2,31)17-27(36)34-25-16-15-22-7-3-6-10-26(22)35(29(25)37)18-20-11-13-21(14-12-20)23-8-4-5-9-24(23)28-32-19-33-38-28/h3-14,19,25H,15-18,31H2,1-2H3,(H,34,36)/t25-/m1/s1. The Labute approximate surface area is 221 Å². The normalized spacial score (nSPS) is 15.6. The van der Waals surface area contributed by atoms with Gasteiger partial charge in [-0.05, 0) is 61.1 Å². The van der Waals surface area contributed by atoms with Crippen molar-refractivity contribution >= 4 is 17.5 Å². The van der Waals surface area contributed by atoms with Crippen LogP contribution in [0.4, 0.5) is 5.69 Å². The second-order valence-corrected chi connectivity index (χ2v) is 10.4. The molecule has 38 heavy (non-hydrogen) atoms. The van der Waals surface area contributed by atoms with Gasteiger partial charge in [-0.3, -0.25) is 9.59 Å². The summed E-state index contributed by atoms with van der Waals surface area (Å²) < 4.78 is 5.28. The summed E-state index contributed by atoms with van der Waals surface area (Å²) in [6, 6.07) is 23.3. The Morgan fingerprint density at radius 2 is 1.76 bits per heavy atom. The summed E-state index contributed by atoms with van der Waals surface area (Å²) in [5.41, 5.74) is 11.1. The number of rotatable bonds is 7. The van der Waals surface area contributed by atoms with Crippen LogP contribution in [-0.2, 0) is 22.6 Å². The molecule has 1 atom stereocenters. The first-order valence-corrected chi connectivity index (χ1v) is 12.7. The molecule has 2 amide bonds. The van der Waals surface area contributed by atoms with E-state index in [1.807, 2.05) is 72.8 Å². The minimum absolute atomic E-state index is 0.121. The predicted molar refractivity (Wildman–Crippen MR) is 146 cm³/mol. The van der Waals surface area contributed by atoms with Gasteiger partial charge in [0.2, 0.25) is 11.8 Å². The smallest absolute Gasteiger partial charge is 0.258 e. The molecule has 3 N–H and O–H groups in total. The molecular weight excluding hydrogens is 478 g/mol. The Hall–Kier alpha value is -4.30. The van der Waals surface area contributed by atoms with E-state index in [0.29, 0.717) is 25.3 Å². The van der Waals surface area contributed by atoms with Gasteiger partial charge in [0.25, 0.3) is 5.89 Å². The minimum Gasteiger partial charge on any atom is -0.344 e. The molecule has 4 aromatic rings. The zero-order chi connectivity index (χ0) is 26.7. The summed E-state index contributed by atoms with van der Waals surface area (Å²) in [4.78, 5) is 32.3. The molecule has 0 spiro atoms. The number of para-hydroxylation sites is 1. The highest BCUT2D eigenvalue weighted by Gasteiger charge is 2.32. The Bertz CT molecular complexity index is 1430. The van der Waals surface area contributed by atoms with Crippen molar-refractivity contribution in [3.05, 3.63) is 90.3 Å². The average molecular weight is 510 g/mol. The Balaban J connectivity index is 1.40. The third-order valence-electron chi connectivity index (χ3n) is 6.62. The molecular formula is C30H31N5O3. The fourth-order valence-electron chi connectivity index (χ4n) is 4.86. The van der Waals surface area contributed by atoms with Gasteiger partial charge >= 0.3 is 0 Å². The fraction of sp³-hybridized carbons (Fsp3) is 0.267. The van der Waals surface area contributed by atoms with Gasteiger partial charge in [0, 0.05) is 23.2 Å². The van der Waals surface area contributed by atoms with E-state index in [4.69, 9.17) is 10.3 Å². The van der Waals surface area contributed by atoms with Crippen LogP contribution in [-0.4, -0.2) is 33.5 Å². The number of nitrogens with two attached hydrogens (primary N) is 1. The van der Waals surface area contributed by atoms with Crippen LogP contribution in [0.5, 0.6) is 0 Å².